The average Bonchev–Trinajstić information content (AvgIpc) is 2.73. The number of aliphatic hydroxyl groups is 4. The summed E-state index contributed by atoms with van der Waals surface area (Å²) in [4.78, 5) is 21.4. The summed E-state index contributed by atoms with van der Waals surface area (Å²) < 4.78 is 10.3. The van der Waals surface area contributed by atoms with Gasteiger partial charge in [-0.2, -0.15) is 0 Å². The number of ether oxygens (including phenoxy) is 2. The van der Waals surface area contributed by atoms with Crippen molar-refractivity contribution in [2.24, 2.45) is 0 Å². The number of para-hydroxylation sites is 1. The second-order valence-corrected chi connectivity index (χ2v) is 6.53. The molecule has 12 heteroatoms. The highest BCUT2D eigenvalue weighted by molar-refractivity contribution is 5.76. The number of nitro groups is 2. The molecule has 0 bridgehead atoms. The molecule has 2 aromatic rings. The lowest BCUT2D eigenvalue weighted by Crippen LogP contribution is -2.60. The number of hydrogen-bond acceptors (Lipinski definition) is 10. The molecule has 0 unspecified atom stereocenters. The van der Waals surface area contributed by atoms with Crippen molar-refractivity contribution in [3.05, 3.63) is 62.7 Å². The molecule has 1 aliphatic rings. The van der Waals surface area contributed by atoms with Crippen LogP contribution >= 0.6 is 0 Å². The molecule has 4 N–H and O–H groups in total. The van der Waals surface area contributed by atoms with E-state index in [0.29, 0.717) is 0 Å². The molecule has 0 aliphatic carbocycles. The maximum Gasteiger partial charge on any atom is 0.311 e. The maximum atomic E-state index is 11.6. The van der Waals surface area contributed by atoms with Crippen molar-refractivity contribution in [1.29, 1.82) is 0 Å². The van der Waals surface area contributed by atoms with Crippen LogP contribution in [-0.4, -0.2) is 67.6 Å². The first kappa shape index (κ1) is 21.5. The first-order valence-corrected chi connectivity index (χ1v) is 8.74. The van der Waals surface area contributed by atoms with Gasteiger partial charge in [-0.3, -0.25) is 20.2 Å². The van der Waals surface area contributed by atoms with Crippen LogP contribution in [0.1, 0.15) is 0 Å². The summed E-state index contributed by atoms with van der Waals surface area (Å²) in [6.45, 7) is -0.691. The van der Waals surface area contributed by atoms with E-state index in [0.717, 1.165) is 6.07 Å². The highest BCUT2D eigenvalue weighted by atomic mass is 16.7. The molecule has 0 radical (unpaired) electrons. The first-order chi connectivity index (χ1) is 14.2. The molecule has 1 fully saturated rings. The fraction of sp³-hybridized carbons (Fsp3) is 0.333. The van der Waals surface area contributed by atoms with E-state index >= 15 is 0 Å². The van der Waals surface area contributed by atoms with Crippen molar-refractivity contribution in [3.8, 4) is 16.9 Å². The van der Waals surface area contributed by atoms with Gasteiger partial charge in [0.1, 0.15) is 18.3 Å². The van der Waals surface area contributed by atoms with Gasteiger partial charge in [-0.15, -0.1) is 0 Å². The zero-order valence-electron chi connectivity index (χ0n) is 15.3. The Morgan fingerprint density at radius 3 is 2.27 bits per heavy atom. The van der Waals surface area contributed by atoms with Crippen LogP contribution in [0.4, 0.5) is 11.4 Å². The van der Waals surface area contributed by atoms with Crippen LogP contribution in [-0.2, 0) is 4.74 Å². The number of aliphatic hydroxyl groups excluding tert-OH is 4. The molecule has 160 valence electrons. The summed E-state index contributed by atoms with van der Waals surface area (Å²) in [5, 5.41) is 62.0. The summed E-state index contributed by atoms with van der Waals surface area (Å²) in [5.74, 6) is -0.351. The Balaban J connectivity index is 1.99. The largest absolute Gasteiger partial charge is 0.478 e. The van der Waals surface area contributed by atoms with Crippen LogP contribution in [0.3, 0.4) is 0 Å². The van der Waals surface area contributed by atoms with Crippen LogP contribution in [0.2, 0.25) is 0 Å². The summed E-state index contributed by atoms with van der Waals surface area (Å²) in [6, 6.07) is 9.29. The molecule has 2 aromatic carbocycles. The molecule has 1 heterocycles. The van der Waals surface area contributed by atoms with Crippen LogP contribution in [0.15, 0.2) is 42.5 Å². The summed E-state index contributed by atoms with van der Waals surface area (Å²) >= 11 is 0. The number of hydrogen-bond donors (Lipinski definition) is 4. The Morgan fingerprint density at radius 1 is 0.967 bits per heavy atom. The van der Waals surface area contributed by atoms with Gasteiger partial charge in [-0.25, -0.2) is 0 Å². The predicted octanol–water partition coefficient (Wildman–Crippen LogP) is 0.349. The van der Waals surface area contributed by atoms with Crippen molar-refractivity contribution >= 4 is 11.4 Å². The van der Waals surface area contributed by atoms with Crippen LogP contribution < -0.4 is 4.74 Å². The first-order valence-electron chi connectivity index (χ1n) is 8.74. The fourth-order valence-corrected chi connectivity index (χ4v) is 3.16. The third-order valence-electron chi connectivity index (χ3n) is 4.67. The second-order valence-electron chi connectivity index (χ2n) is 6.53. The maximum absolute atomic E-state index is 11.6. The van der Waals surface area contributed by atoms with E-state index in [2.05, 4.69) is 0 Å². The van der Waals surface area contributed by atoms with Gasteiger partial charge in [0.2, 0.25) is 0 Å². The molecule has 12 nitrogen and oxygen atoms in total. The number of benzene rings is 2. The lowest BCUT2D eigenvalue weighted by Gasteiger charge is -2.39. The highest BCUT2D eigenvalue weighted by Crippen LogP contribution is 2.37. The van der Waals surface area contributed by atoms with Gasteiger partial charge < -0.3 is 29.9 Å². The van der Waals surface area contributed by atoms with E-state index < -0.39 is 52.8 Å². The minimum absolute atomic E-state index is 0.152. The van der Waals surface area contributed by atoms with Crippen molar-refractivity contribution < 1.29 is 39.7 Å². The third kappa shape index (κ3) is 4.08. The summed E-state index contributed by atoms with van der Waals surface area (Å²) in [6.07, 6.45) is -7.96. The van der Waals surface area contributed by atoms with Gasteiger partial charge in [-0.05, 0) is 23.8 Å². The summed E-state index contributed by atoms with van der Waals surface area (Å²) in [7, 11) is 0. The lowest BCUT2D eigenvalue weighted by molar-refractivity contribution is -0.386. The van der Waals surface area contributed by atoms with Crippen molar-refractivity contribution in [3.63, 3.8) is 0 Å². The number of nitro benzene ring substituents is 2. The molecular formula is C18H18N2O10. The standard InChI is InChI=1S/C18H18N2O10/c21-8-14-15(22)17(16(23)18(24)30-14)29-13-6-5-9(7-12(13)20(27)28)10-3-1-2-4-11(10)19(25)26/h1-7,14-18,21-24H,8H2/t14-,15+,16-,17-,18+/m1/s1. The Morgan fingerprint density at radius 2 is 1.63 bits per heavy atom. The van der Waals surface area contributed by atoms with E-state index in [9.17, 15) is 40.7 Å². The Kier molecular flexibility index (Phi) is 6.24. The zero-order valence-corrected chi connectivity index (χ0v) is 15.3. The Hall–Kier alpha value is -3.16. The number of nitrogens with zero attached hydrogens (tertiary/aromatic N) is 2. The molecule has 0 amide bonds. The predicted molar refractivity (Wildman–Crippen MR) is 99.6 cm³/mol. The Labute approximate surface area is 168 Å². The van der Waals surface area contributed by atoms with Crippen LogP contribution in [0.25, 0.3) is 11.1 Å². The van der Waals surface area contributed by atoms with E-state index in [1.807, 2.05) is 0 Å². The van der Waals surface area contributed by atoms with E-state index in [1.165, 1.54) is 30.3 Å². The quantitative estimate of drug-likeness (QED) is 0.374. The topological polar surface area (TPSA) is 186 Å². The molecule has 0 saturated carbocycles. The molecule has 1 aliphatic heterocycles. The Bertz CT molecular complexity index is 952. The molecule has 0 spiro atoms. The highest BCUT2D eigenvalue weighted by Gasteiger charge is 2.46. The SMILES string of the molecule is O=[N+]([O-])c1cc(-c2ccccc2[N+](=O)[O-])ccc1O[C@H]1[C@@H](O)[C@@H](O)O[C@H](CO)[C@@H]1O. The van der Waals surface area contributed by atoms with Crippen molar-refractivity contribution in [1.82, 2.24) is 0 Å². The van der Waals surface area contributed by atoms with E-state index in [1.54, 1.807) is 6.07 Å². The second kappa shape index (κ2) is 8.69. The van der Waals surface area contributed by atoms with Crippen LogP contribution in [0, 0.1) is 20.2 Å². The van der Waals surface area contributed by atoms with Gasteiger partial charge in [0, 0.05) is 12.1 Å². The third-order valence-corrected chi connectivity index (χ3v) is 4.67. The summed E-state index contributed by atoms with van der Waals surface area (Å²) in [5.41, 5.74) is -0.488. The molecule has 3 rings (SSSR count). The smallest absolute Gasteiger partial charge is 0.311 e. The van der Waals surface area contributed by atoms with Crippen molar-refractivity contribution in [2.75, 3.05) is 6.61 Å². The fourth-order valence-electron chi connectivity index (χ4n) is 3.16. The minimum atomic E-state index is -1.79. The average molecular weight is 422 g/mol. The normalized spacial score (nSPS) is 26.2. The molecule has 1 saturated heterocycles. The molecule has 0 aromatic heterocycles. The number of rotatable bonds is 6. The van der Waals surface area contributed by atoms with Gasteiger partial charge in [-0.1, -0.05) is 12.1 Å². The van der Waals surface area contributed by atoms with Gasteiger partial charge in [0.25, 0.3) is 5.69 Å². The monoisotopic (exact) mass is 422 g/mol. The van der Waals surface area contributed by atoms with Crippen molar-refractivity contribution in [2.45, 2.75) is 30.7 Å². The van der Waals surface area contributed by atoms with Gasteiger partial charge in [0.05, 0.1) is 22.0 Å². The van der Waals surface area contributed by atoms with Crippen LogP contribution in [0.5, 0.6) is 5.75 Å². The zero-order chi connectivity index (χ0) is 22.0. The lowest BCUT2D eigenvalue weighted by atomic mass is 9.98. The molecule has 30 heavy (non-hydrogen) atoms. The van der Waals surface area contributed by atoms with E-state index in [-0.39, 0.29) is 22.6 Å². The molecular weight excluding hydrogens is 404 g/mol. The van der Waals surface area contributed by atoms with E-state index in [4.69, 9.17) is 9.47 Å². The van der Waals surface area contributed by atoms with Gasteiger partial charge >= 0.3 is 5.69 Å². The minimum Gasteiger partial charge on any atom is -0.478 e. The molecule has 5 atom stereocenters. The van der Waals surface area contributed by atoms with Gasteiger partial charge in [0.15, 0.2) is 18.1 Å².